The first kappa shape index (κ1) is 26.4. The zero-order chi connectivity index (χ0) is 28.7. The quantitative estimate of drug-likeness (QED) is 0.260. The minimum atomic E-state index is -0.671. The van der Waals surface area contributed by atoms with Crippen LogP contribution in [0.5, 0.6) is 0 Å². The third-order valence-corrected chi connectivity index (χ3v) is 7.61. The lowest BCUT2D eigenvalue weighted by Crippen LogP contribution is -2.46. The molecular weight excluding hydrogens is 527 g/mol. The van der Waals surface area contributed by atoms with Gasteiger partial charge in [-0.15, -0.1) is 0 Å². The maximum absolute atomic E-state index is 14.1. The summed E-state index contributed by atoms with van der Waals surface area (Å²) < 4.78 is 19.3. The van der Waals surface area contributed by atoms with E-state index in [4.69, 9.17) is 4.74 Å². The van der Waals surface area contributed by atoms with Crippen molar-refractivity contribution >= 4 is 40.3 Å². The van der Waals surface area contributed by atoms with E-state index in [0.717, 1.165) is 11.1 Å². The summed E-state index contributed by atoms with van der Waals surface area (Å²) in [5.41, 5.74) is 3.38. The third kappa shape index (κ3) is 4.76. The third-order valence-electron chi connectivity index (χ3n) is 7.61. The van der Waals surface area contributed by atoms with E-state index in [1.807, 2.05) is 29.2 Å². The minimum absolute atomic E-state index is 0.0207. The molecule has 4 aromatic rings. The molecule has 2 aliphatic heterocycles. The molecule has 0 bridgehead atoms. The highest BCUT2D eigenvalue weighted by Gasteiger charge is 2.39. The molecule has 208 valence electrons. The van der Waals surface area contributed by atoms with E-state index in [1.165, 1.54) is 23.1 Å². The molecule has 9 nitrogen and oxygen atoms in total. The van der Waals surface area contributed by atoms with Gasteiger partial charge in [-0.3, -0.25) is 24.2 Å². The van der Waals surface area contributed by atoms with Crippen molar-refractivity contribution in [1.82, 2.24) is 14.8 Å². The normalized spacial score (nSPS) is 16.5. The van der Waals surface area contributed by atoms with Crippen molar-refractivity contribution in [1.29, 1.82) is 0 Å². The van der Waals surface area contributed by atoms with Crippen LogP contribution in [0.2, 0.25) is 0 Å². The smallest absolute Gasteiger partial charge is 0.356 e. The Bertz CT molecular complexity index is 1680. The van der Waals surface area contributed by atoms with Crippen molar-refractivity contribution in [2.75, 3.05) is 31.6 Å². The highest BCUT2D eigenvalue weighted by Crippen LogP contribution is 2.34. The van der Waals surface area contributed by atoms with Gasteiger partial charge in [0.1, 0.15) is 11.5 Å². The summed E-state index contributed by atoms with van der Waals surface area (Å²) in [5, 5.41) is 3.13. The number of rotatable bonds is 7. The van der Waals surface area contributed by atoms with Crippen LogP contribution in [-0.4, -0.2) is 64.7 Å². The number of nitrogens with zero attached hydrogens (tertiary/aromatic N) is 2. The number of nitrogens with one attached hydrogen (secondary N) is 2. The second-order valence-electron chi connectivity index (χ2n) is 10.0. The van der Waals surface area contributed by atoms with Gasteiger partial charge in [-0.05, 0) is 54.8 Å². The van der Waals surface area contributed by atoms with Crippen LogP contribution >= 0.6 is 0 Å². The Kier molecular flexibility index (Phi) is 6.84. The van der Waals surface area contributed by atoms with E-state index < -0.39 is 23.7 Å². The summed E-state index contributed by atoms with van der Waals surface area (Å²) in [6.45, 7) is 2.28. The summed E-state index contributed by atoms with van der Waals surface area (Å²) in [4.78, 5) is 58.6. The number of carbonyl (C=O) groups is 4. The number of amides is 3. The Hall–Kier alpha value is -4.83. The molecule has 6 rings (SSSR count). The molecule has 0 saturated carbocycles. The molecule has 0 fully saturated rings. The van der Waals surface area contributed by atoms with Crippen LogP contribution in [0.4, 0.5) is 10.1 Å². The van der Waals surface area contributed by atoms with Crippen LogP contribution in [0.25, 0.3) is 10.9 Å². The molecule has 0 saturated heterocycles. The van der Waals surface area contributed by atoms with Gasteiger partial charge in [0.05, 0.1) is 36.0 Å². The number of imide groups is 1. The van der Waals surface area contributed by atoms with Crippen LogP contribution in [-0.2, 0) is 16.0 Å². The first-order chi connectivity index (χ1) is 19.9. The van der Waals surface area contributed by atoms with Gasteiger partial charge in [-0.1, -0.05) is 36.4 Å². The van der Waals surface area contributed by atoms with Gasteiger partial charge in [0.25, 0.3) is 11.8 Å². The van der Waals surface area contributed by atoms with Gasteiger partial charge in [-0.2, -0.15) is 0 Å². The van der Waals surface area contributed by atoms with E-state index in [-0.39, 0.29) is 42.9 Å². The number of esters is 1. The molecule has 3 aromatic carbocycles. The summed E-state index contributed by atoms with van der Waals surface area (Å²) in [6, 6.07) is 18.1. The molecule has 1 aromatic heterocycles. The maximum atomic E-state index is 14.1. The number of hydrogen-bond donors (Lipinski definition) is 2. The van der Waals surface area contributed by atoms with E-state index in [9.17, 15) is 23.6 Å². The van der Waals surface area contributed by atoms with Gasteiger partial charge < -0.3 is 15.0 Å². The topological polar surface area (TPSA) is 112 Å². The molecule has 1 atom stereocenters. The fourth-order valence-electron chi connectivity index (χ4n) is 5.70. The Morgan fingerprint density at radius 1 is 1.02 bits per heavy atom. The SMILES string of the molecule is CCOC(=O)c1[nH]c2ccc(F)cc2c1NC(=O)CN1CCc2ccccc2[C@H]1CN1C(=O)c2ccccc2C1=O. The van der Waals surface area contributed by atoms with Gasteiger partial charge >= 0.3 is 5.97 Å². The van der Waals surface area contributed by atoms with E-state index >= 15 is 0 Å². The fourth-order valence-corrected chi connectivity index (χ4v) is 5.70. The predicted molar refractivity (Wildman–Crippen MR) is 149 cm³/mol. The summed E-state index contributed by atoms with van der Waals surface area (Å²) in [7, 11) is 0. The van der Waals surface area contributed by atoms with Crippen molar-refractivity contribution in [3.63, 3.8) is 0 Å². The van der Waals surface area contributed by atoms with Gasteiger partial charge in [0, 0.05) is 24.0 Å². The number of aromatic nitrogens is 1. The number of halogens is 1. The lowest BCUT2D eigenvalue weighted by molar-refractivity contribution is -0.118. The number of hydrogen-bond acceptors (Lipinski definition) is 6. The molecule has 10 heteroatoms. The van der Waals surface area contributed by atoms with Crippen LogP contribution < -0.4 is 5.32 Å². The Labute approximate surface area is 234 Å². The Balaban J connectivity index is 1.29. The second kappa shape index (κ2) is 10.6. The molecule has 0 radical (unpaired) electrons. The molecule has 0 spiro atoms. The van der Waals surface area contributed by atoms with Crippen molar-refractivity contribution in [3.05, 3.63) is 100 Å². The van der Waals surface area contributed by atoms with Crippen molar-refractivity contribution in [2.24, 2.45) is 0 Å². The molecule has 3 amide bonds. The van der Waals surface area contributed by atoms with E-state index in [0.29, 0.717) is 35.0 Å². The largest absolute Gasteiger partial charge is 0.461 e. The predicted octanol–water partition coefficient (Wildman–Crippen LogP) is 4.32. The van der Waals surface area contributed by atoms with Crippen molar-refractivity contribution in [3.8, 4) is 0 Å². The summed E-state index contributed by atoms with van der Waals surface area (Å²) in [6.07, 6.45) is 0.675. The Morgan fingerprint density at radius 2 is 1.73 bits per heavy atom. The standard InChI is InChI=1S/C31H27FN4O5/c1-2-41-31(40)28-27(23-15-19(32)11-12-24(23)33-28)34-26(37)17-35-14-13-18-7-3-4-8-20(18)25(35)16-36-29(38)21-9-5-6-10-22(21)30(36)39/h3-12,15,25,33H,2,13-14,16-17H2,1H3,(H,34,37)/t25-/m1/s1. The van der Waals surface area contributed by atoms with Gasteiger partial charge in [-0.25, -0.2) is 9.18 Å². The molecule has 0 unspecified atom stereocenters. The number of ether oxygens (including phenoxy) is 1. The number of benzene rings is 3. The average molecular weight is 555 g/mol. The summed E-state index contributed by atoms with van der Waals surface area (Å²) >= 11 is 0. The van der Waals surface area contributed by atoms with Crippen LogP contribution in [0.15, 0.2) is 66.7 Å². The molecule has 3 heterocycles. The van der Waals surface area contributed by atoms with Gasteiger partial charge in [0.2, 0.25) is 5.91 Å². The average Bonchev–Trinajstić information content (AvgIpc) is 3.44. The van der Waals surface area contributed by atoms with Crippen LogP contribution in [0.3, 0.4) is 0 Å². The van der Waals surface area contributed by atoms with E-state index in [1.54, 1.807) is 31.2 Å². The highest BCUT2D eigenvalue weighted by molar-refractivity contribution is 6.21. The first-order valence-electron chi connectivity index (χ1n) is 13.4. The molecule has 2 N–H and O–H groups in total. The van der Waals surface area contributed by atoms with Crippen molar-refractivity contribution < 1.29 is 28.3 Å². The highest BCUT2D eigenvalue weighted by atomic mass is 19.1. The molecule has 41 heavy (non-hydrogen) atoms. The molecule has 0 aliphatic carbocycles. The minimum Gasteiger partial charge on any atom is -0.461 e. The van der Waals surface area contributed by atoms with Crippen molar-refractivity contribution in [2.45, 2.75) is 19.4 Å². The number of H-pyrrole nitrogens is 1. The Morgan fingerprint density at radius 3 is 2.46 bits per heavy atom. The van der Waals surface area contributed by atoms with E-state index in [2.05, 4.69) is 10.3 Å². The number of aromatic amines is 1. The van der Waals surface area contributed by atoms with Gasteiger partial charge in [0.15, 0.2) is 0 Å². The number of anilines is 1. The lowest BCUT2D eigenvalue weighted by Gasteiger charge is -2.38. The summed E-state index contributed by atoms with van der Waals surface area (Å²) in [5.74, 6) is -2.35. The monoisotopic (exact) mass is 554 g/mol. The molecular formula is C31H27FN4O5. The first-order valence-corrected chi connectivity index (χ1v) is 13.4. The zero-order valence-corrected chi connectivity index (χ0v) is 22.3. The second-order valence-corrected chi connectivity index (χ2v) is 10.0. The zero-order valence-electron chi connectivity index (χ0n) is 22.3. The van der Waals surface area contributed by atoms with Crippen LogP contribution in [0, 0.1) is 5.82 Å². The number of carbonyl (C=O) groups excluding carboxylic acids is 4. The maximum Gasteiger partial charge on any atom is 0.356 e. The number of fused-ring (bicyclic) bond motifs is 3. The fraction of sp³-hybridized carbons (Fsp3) is 0.226. The van der Waals surface area contributed by atoms with Crippen LogP contribution in [0.1, 0.15) is 55.3 Å². The lowest BCUT2D eigenvalue weighted by atomic mass is 9.92. The molecule has 2 aliphatic rings.